The maximum atomic E-state index is 3.48. The van der Waals surface area contributed by atoms with Crippen LogP contribution < -0.4 is 5.32 Å². The third-order valence-corrected chi connectivity index (χ3v) is 4.06. The summed E-state index contributed by atoms with van der Waals surface area (Å²) in [6.07, 6.45) is 5.65. The van der Waals surface area contributed by atoms with Gasteiger partial charge in [-0.25, -0.2) is 0 Å². The van der Waals surface area contributed by atoms with Crippen LogP contribution >= 0.6 is 0 Å². The Hall–Kier alpha value is -0.0800. The fourth-order valence-corrected chi connectivity index (χ4v) is 3.13. The van der Waals surface area contributed by atoms with E-state index < -0.39 is 0 Å². The molecule has 1 aliphatic rings. The van der Waals surface area contributed by atoms with Crippen molar-refractivity contribution < 1.29 is 0 Å². The minimum Gasteiger partial charge on any atom is -0.316 e. The molecule has 0 aliphatic heterocycles. The molecule has 1 rings (SSSR count). The summed E-state index contributed by atoms with van der Waals surface area (Å²) in [7, 11) is 2.32. The molecule has 1 fully saturated rings. The lowest BCUT2D eigenvalue weighted by atomic mass is 9.85. The first kappa shape index (κ1) is 15.0. The fraction of sp³-hybridized carbons (Fsp3) is 1.00. The second-order valence-corrected chi connectivity index (χ2v) is 6.79. The average molecular weight is 240 g/mol. The lowest BCUT2D eigenvalue weighted by Crippen LogP contribution is -2.44. The van der Waals surface area contributed by atoms with E-state index in [0.29, 0.717) is 5.41 Å². The predicted octanol–water partition coefficient (Wildman–Crippen LogP) is 3.13. The second-order valence-electron chi connectivity index (χ2n) is 6.79. The Labute approximate surface area is 108 Å². The van der Waals surface area contributed by atoms with Crippen molar-refractivity contribution in [3.8, 4) is 0 Å². The standard InChI is InChI=1S/C15H32N2/c1-6-16-11-15(3,4)12-17(5)14-9-7-8-13(2)10-14/h13-14,16H,6-12H2,1-5H3. The number of hydrogen-bond donors (Lipinski definition) is 1. The molecule has 2 heteroatoms. The van der Waals surface area contributed by atoms with E-state index >= 15 is 0 Å². The van der Waals surface area contributed by atoms with Gasteiger partial charge in [-0.3, -0.25) is 0 Å². The third-order valence-electron chi connectivity index (χ3n) is 4.06. The summed E-state index contributed by atoms with van der Waals surface area (Å²) in [5.74, 6) is 0.924. The van der Waals surface area contributed by atoms with E-state index in [0.717, 1.165) is 25.0 Å². The van der Waals surface area contributed by atoms with Crippen molar-refractivity contribution in [1.82, 2.24) is 10.2 Å². The average Bonchev–Trinajstić information content (AvgIpc) is 2.26. The largest absolute Gasteiger partial charge is 0.316 e. The fourth-order valence-electron chi connectivity index (χ4n) is 3.13. The first-order valence-electron chi connectivity index (χ1n) is 7.35. The SMILES string of the molecule is CCNCC(C)(C)CN(C)C1CCCC(C)C1. The van der Waals surface area contributed by atoms with Gasteiger partial charge in [0.1, 0.15) is 0 Å². The number of nitrogens with zero attached hydrogens (tertiary/aromatic N) is 1. The van der Waals surface area contributed by atoms with Gasteiger partial charge in [-0.1, -0.05) is 40.5 Å². The Morgan fingerprint density at radius 2 is 2.00 bits per heavy atom. The van der Waals surface area contributed by atoms with Crippen LogP contribution in [0.2, 0.25) is 0 Å². The Morgan fingerprint density at radius 1 is 1.29 bits per heavy atom. The molecular weight excluding hydrogens is 208 g/mol. The third kappa shape index (κ3) is 5.39. The molecule has 0 aromatic heterocycles. The molecule has 2 atom stereocenters. The van der Waals surface area contributed by atoms with Crippen molar-refractivity contribution in [2.75, 3.05) is 26.7 Å². The molecule has 0 aromatic rings. The molecule has 2 nitrogen and oxygen atoms in total. The highest BCUT2D eigenvalue weighted by Gasteiger charge is 2.26. The van der Waals surface area contributed by atoms with E-state index in [1.165, 1.54) is 32.2 Å². The Kier molecular flexibility index (Phi) is 5.94. The van der Waals surface area contributed by atoms with Crippen molar-refractivity contribution in [2.24, 2.45) is 11.3 Å². The van der Waals surface area contributed by atoms with Crippen LogP contribution in [0, 0.1) is 11.3 Å². The van der Waals surface area contributed by atoms with Gasteiger partial charge in [-0.05, 0) is 37.8 Å². The van der Waals surface area contributed by atoms with Crippen molar-refractivity contribution >= 4 is 0 Å². The van der Waals surface area contributed by atoms with Gasteiger partial charge in [0.25, 0.3) is 0 Å². The highest BCUT2D eigenvalue weighted by atomic mass is 15.1. The predicted molar refractivity (Wildman–Crippen MR) is 76.4 cm³/mol. The zero-order valence-corrected chi connectivity index (χ0v) is 12.6. The van der Waals surface area contributed by atoms with Crippen molar-refractivity contribution in [2.45, 2.75) is 59.4 Å². The van der Waals surface area contributed by atoms with E-state index in [-0.39, 0.29) is 0 Å². The van der Waals surface area contributed by atoms with Gasteiger partial charge in [0.15, 0.2) is 0 Å². The van der Waals surface area contributed by atoms with Crippen LogP contribution in [0.3, 0.4) is 0 Å². The molecule has 0 radical (unpaired) electrons. The molecule has 1 saturated carbocycles. The molecule has 0 saturated heterocycles. The molecule has 0 spiro atoms. The van der Waals surface area contributed by atoms with E-state index in [9.17, 15) is 0 Å². The molecule has 102 valence electrons. The van der Waals surface area contributed by atoms with Crippen LogP contribution in [0.4, 0.5) is 0 Å². The molecule has 1 N–H and O–H groups in total. The lowest BCUT2D eigenvalue weighted by Gasteiger charge is -2.38. The zero-order chi connectivity index (χ0) is 12.9. The quantitative estimate of drug-likeness (QED) is 0.767. The Bertz CT molecular complexity index is 213. The van der Waals surface area contributed by atoms with Crippen molar-refractivity contribution in [3.63, 3.8) is 0 Å². The first-order valence-corrected chi connectivity index (χ1v) is 7.35. The molecule has 1 aliphatic carbocycles. The van der Waals surface area contributed by atoms with Crippen molar-refractivity contribution in [3.05, 3.63) is 0 Å². The number of nitrogens with one attached hydrogen (secondary N) is 1. The smallest absolute Gasteiger partial charge is 0.00949 e. The highest BCUT2D eigenvalue weighted by molar-refractivity contribution is 4.82. The molecule has 0 heterocycles. The molecule has 0 aromatic carbocycles. The normalized spacial score (nSPS) is 26.5. The second kappa shape index (κ2) is 6.75. The summed E-state index contributed by atoms with van der Waals surface area (Å²) in [6, 6.07) is 0.819. The first-order chi connectivity index (χ1) is 7.94. The van der Waals surface area contributed by atoms with Crippen molar-refractivity contribution in [1.29, 1.82) is 0 Å². The summed E-state index contributed by atoms with van der Waals surface area (Å²) in [4.78, 5) is 2.60. The van der Waals surface area contributed by atoms with Gasteiger partial charge >= 0.3 is 0 Å². The minimum absolute atomic E-state index is 0.380. The van der Waals surface area contributed by atoms with Crippen LogP contribution in [0.5, 0.6) is 0 Å². The molecule has 0 amide bonds. The van der Waals surface area contributed by atoms with Crippen LogP contribution in [0.1, 0.15) is 53.4 Å². The summed E-state index contributed by atoms with van der Waals surface area (Å²) in [5, 5.41) is 3.48. The summed E-state index contributed by atoms with van der Waals surface area (Å²) in [5.41, 5.74) is 0.380. The number of hydrogen-bond acceptors (Lipinski definition) is 2. The number of rotatable bonds is 6. The van der Waals surface area contributed by atoms with Gasteiger partial charge in [0.05, 0.1) is 0 Å². The van der Waals surface area contributed by atoms with Gasteiger partial charge in [-0.2, -0.15) is 0 Å². The van der Waals surface area contributed by atoms with E-state index in [4.69, 9.17) is 0 Å². The summed E-state index contributed by atoms with van der Waals surface area (Å²) in [6.45, 7) is 12.7. The maximum absolute atomic E-state index is 3.48. The van der Waals surface area contributed by atoms with Crippen LogP contribution in [0.15, 0.2) is 0 Å². The van der Waals surface area contributed by atoms with E-state index in [1.807, 2.05) is 0 Å². The molecule has 17 heavy (non-hydrogen) atoms. The van der Waals surface area contributed by atoms with Crippen LogP contribution in [-0.4, -0.2) is 37.6 Å². The van der Waals surface area contributed by atoms with Crippen LogP contribution in [0.25, 0.3) is 0 Å². The summed E-state index contributed by atoms with van der Waals surface area (Å²) >= 11 is 0. The highest BCUT2D eigenvalue weighted by Crippen LogP contribution is 2.28. The summed E-state index contributed by atoms with van der Waals surface area (Å²) < 4.78 is 0. The van der Waals surface area contributed by atoms with Gasteiger partial charge in [-0.15, -0.1) is 0 Å². The zero-order valence-electron chi connectivity index (χ0n) is 12.6. The minimum atomic E-state index is 0.380. The van der Waals surface area contributed by atoms with E-state index in [2.05, 4.69) is 45.0 Å². The molecule has 0 bridgehead atoms. The van der Waals surface area contributed by atoms with Gasteiger partial charge < -0.3 is 10.2 Å². The monoisotopic (exact) mass is 240 g/mol. The Morgan fingerprint density at radius 3 is 2.59 bits per heavy atom. The maximum Gasteiger partial charge on any atom is 0.00949 e. The topological polar surface area (TPSA) is 15.3 Å². The van der Waals surface area contributed by atoms with Gasteiger partial charge in [0.2, 0.25) is 0 Å². The molecular formula is C15H32N2. The van der Waals surface area contributed by atoms with Gasteiger partial charge in [0, 0.05) is 19.1 Å². The lowest BCUT2D eigenvalue weighted by molar-refractivity contribution is 0.115. The van der Waals surface area contributed by atoms with Crippen LogP contribution in [-0.2, 0) is 0 Å². The van der Waals surface area contributed by atoms with E-state index in [1.54, 1.807) is 0 Å². The Balaban J connectivity index is 2.38. The molecule has 2 unspecified atom stereocenters.